The lowest BCUT2D eigenvalue weighted by Crippen LogP contribution is -2.22. The van der Waals surface area contributed by atoms with Crippen molar-refractivity contribution in [1.82, 2.24) is 9.97 Å². The Bertz CT molecular complexity index is 992. The Morgan fingerprint density at radius 3 is 2.15 bits per heavy atom. The molecule has 0 aliphatic rings. The minimum Gasteiger partial charge on any atom is -0.478 e. The normalized spacial score (nSPS) is 12.3. The van der Waals surface area contributed by atoms with Crippen molar-refractivity contribution in [1.29, 1.82) is 0 Å². The summed E-state index contributed by atoms with van der Waals surface area (Å²) in [6.07, 6.45) is 4.17. The number of carboxylic acid groups (broad SMARTS) is 1. The van der Waals surface area contributed by atoms with Crippen molar-refractivity contribution in [2.45, 2.75) is 10.3 Å². The van der Waals surface area contributed by atoms with Gasteiger partial charge in [0.25, 0.3) is 0 Å². The van der Waals surface area contributed by atoms with Crippen LogP contribution in [0.4, 0.5) is 5.69 Å². The predicted molar refractivity (Wildman–Crippen MR) is 95.4 cm³/mol. The third-order valence-corrected chi connectivity index (χ3v) is 5.63. The molecule has 0 fully saturated rings. The van der Waals surface area contributed by atoms with Crippen molar-refractivity contribution >= 4 is 21.5 Å². The molecule has 7 nitrogen and oxygen atoms in total. The second kappa shape index (κ2) is 7.32. The summed E-state index contributed by atoms with van der Waals surface area (Å²) >= 11 is 0. The summed E-state index contributed by atoms with van der Waals surface area (Å²) in [6.45, 7) is 0. The maximum Gasteiger partial charge on any atom is 0.335 e. The van der Waals surface area contributed by atoms with Gasteiger partial charge in [-0.05, 0) is 36.4 Å². The highest BCUT2D eigenvalue weighted by atomic mass is 32.2. The van der Waals surface area contributed by atoms with Gasteiger partial charge in [0.05, 0.1) is 10.5 Å². The first-order valence-electron chi connectivity index (χ1n) is 7.62. The highest BCUT2D eigenvalue weighted by Gasteiger charge is 2.29. The number of sulfone groups is 1. The Labute approximate surface area is 150 Å². The van der Waals surface area contributed by atoms with Crippen molar-refractivity contribution in [2.75, 3.05) is 5.32 Å². The van der Waals surface area contributed by atoms with E-state index in [1.807, 2.05) is 0 Å². The first-order chi connectivity index (χ1) is 12.5. The summed E-state index contributed by atoms with van der Waals surface area (Å²) in [5.74, 6) is -1.05. The van der Waals surface area contributed by atoms with E-state index in [4.69, 9.17) is 5.11 Å². The number of rotatable bonds is 6. The number of benzene rings is 2. The maximum atomic E-state index is 13.1. The van der Waals surface area contributed by atoms with E-state index >= 15 is 0 Å². The third-order valence-electron chi connectivity index (χ3n) is 3.69. The molecule has 1 unspecified atom stereocenters. The van der Waals surface area contributed by atoms with Crippen LogP contribution in [-0.4, -0.2) is 29.5 Å². The summed E-state index contributed by atoms with van der Waals surface area (Å²) < 4.78 is 26.2. The molecule has 3 aromatic rings. The molecule has 0 aliphatic carbocycles. The Balaban J connectivity index is 2.01. The Morgan fingerprint density at radius 2 is 1.58 bits per heavy atom. The van der Waals surface area contributed by atoms with E-state index < -0.39 is 21.2 Å². The van der Waals surface area contributed by atoms with Crippen LogP contribution < -0.4 is 5.32 Å². The van der Waals surface area contributed by atoms with Crippen molar-refractivity contribution < 1.29 is 18.3 Å². The molecule has 0 amide bonds. The number of anilines is 1. The zero-order chi connectivity index (χ0) is 18.6. The van der Waals surface area contributed by atoms with Gasteiger partial charge >= 0.3 is 5.97 Å². The largest absolute Gasteiger partial charge is 0.478 e. The van der Waals surface area contributed by atoms with Gasteiger partial charge in [-0.2, -0.15) is 0 Å². The van der Waals surface area contributed by atoms with Gasteiger partial charge in [0.15, 0.2) is 5.37 Å². The van der Waals surface area contributed by atoms with Crippen LogP contribution in [0, 0.1) is 0 Å². The molecule has 0 spiro atoms. The molecule has 3 rings (SSSR count). The molecule has 2 N–H and O–H groups in total. The maximum absolute atomic E-state index is 13.1. The SMILES string of the molecule is O=C(O)c1ccc(NC(c2cncnc2)S(=O)(=O)c2ccccc2)cc1. The predicted octanol–water partition coefficient (Wildman–Crippen LogP) is 2.76. The Kier molecular flexibility index (Phi) is 4.94. The minimum atomic E-state index is -3.79. The average molecular weight is 369 g/mol. The van der Waals surface area contributed by atoms with Gasteiger partial charge in [0.2, 0.25) is 9.84 Å². The third kappa shape index (κ3) is 3.70. The second-order valence-electron chi connectivity index (χ2n) is 5.44. The number of aromatic nitrogens is 2. The highest BCUT2D eigenvalue weighted by Crippen LogP contribution is 2.29. The number of carboxylic acids is 1. The molecule has 0 aliphatic heterocycles. The van der Waals surface area contributed by atoms with Crippen LogP contribution in [0.1, 0.15) is 21.3 Å². The van der Waals surface area contributed by atoms with Gasteiger partial charge in [-0.3, -0.25) is 0 Å². The first kappa shape index (κ1) is 17.6. The minimum absolute atomic E-state index is 0.112. The fraction of sp³-hybridized carbons (Fsp3) is 0.0556. The topological polar surface area (TPSA) is 109 Å². The second-order valence-corrected chi connectivity index (χ2v) is 7.47. The van der Waals surface area contributed by atoms with Gasteiger partial charge in [-0.25, -0.2) is 23.2 Å². The van der Waals surface area contributed by atoms with E-state index in [9.17, 15) is 13.2 Å². The molecule has 1 atom stereocenters. The number of hydrogen-bond donors (Lipinski definition) is 2. The lowest BCUT2D eigenvalue weighted by molar-refractivity contribution is 0.0697. The number of carbonyl (C=O) groups is 1. The van der Waals surface area contributed by atoms with Gasteiger partial charge in [-0.1, -0.05) is 18.2 Å². The molecule has 26 heavy (non-hydrogen) atoms. The van der Waals surface area contributed by atoms with E-state index in [0.717, 1.165) is 0 Å². The van der Waals surface area contributed by atoms with Crippen LogP contribution in [0.25, 0.3) is 0 Å². The lowest BCUT2D eigenvalue weighted by Gasteiger charge is -2.20. The fourth-order valence-electron chi connectivity index (χ4n) is 2.39. The highest BCUT2D eigenvalue weighted by molar-refractivity contribution is 7.91. The zero-order valence-electron chi connectivity index (χ0n) is 13.5. The molecule has 2 aromatic carbocycles. The molecular weight excluding hydrogens is 354 g/mol. The van der Waals surface area contributed by atoms with Gasteiger partial charge < -0.3 is 10.4 Å². The van der Waals surface area contributed by atoms with Gasteiger partial charge in [0.1, 0.15) is 6.33 Å². The molecule has 0 saturated heterocycles. The quantitative estimate of drug-likeness (QED) is 0.687. The molecule has 0 radical (unpaired) electrons. The van der Waals surface area contributed by atoms with E-state index in [0.29, 0.717) is 11.3 Å². The van der Waals surface area contributed by atoms with Crippen LogP contribution >= 0.6 is 0 Å². The summed E-state index contributed by atoms with van der Waals surface area (Å²) in [5, 5.41) is 10.8. The fourth-order valence-corrected chi connectivity index (χ4v) is 3.97. The number of aromatic carboxylic acids is 1. The average Bonchev–Trinajstić information content (AvgIpc) is 2.67. The van der Waals surface area contributed by atoms with Crippen LogP contribution in [-0.2, 0) is 9.84 Å². The van der Waals surface area contributed by atoms with E-state index in [1.54, 1.807) is 18.2 Å². The molecule has 0 bridgehead atoms. The van der Waals surface area contributed by atoms with E-state index in [2.05, 4.69) is 15.3 Å². The lowest BCUT2D eigenvalue weighted by atomic mass is 10.2. The van der Waals surface area contributed by atoms with Crippen molar-refractivity contribution in [2.24, 2.45) is 0 Å². The van der Waals surface area contributed by atoms with Crippen LogP contribution in [0.2, 0.25) is 0 Å². The summed E-state index contributed by atoms with van der Waals surface area (Å²) in [6, 6.07) is 13.9. The zero-order valence-corrected chi connectivity index (χ0v) is 14.3. The van der Waals surface area contributed by atoms with Crippen LogP contribution in [0.15, 0.2) is 78.2 Å². The van der Waals surface area contributed by atoms with Gasteiger partial charge in [-0.15, -0.1) is 0 Å². The van der Waals surface area contributed by atoms with Crippen LogP contribution in [0.3, 0.4) is 0 Å². The van der Waals surface area contributed by atoms with E-state index in [1.165, 1.54) is 55.1 Å². The first-order valence-corrected chi connectivity index (χ1v) is 9.17. The molecule has 1 heterocycles. The number of nitrogens with one attached hydrogen (secondary N) is 1. The van der Waals surface area contributed by atoms with Crippen molar-refractivity contribution in [3.05, 3.63) is 84.4 Å². The van der Waals surface area contributed by atoms with Crippen LogP contribution in [0.5, 0.6) is 0 Å². The monoisotopic (exact) mass is 369 g/mol. The molecule has 0 saturated carbocycles. The molecular formula is C18H15N3O4S. The summed E-state index contributed by atoms with van der Waals surface area (Å²) in [5.41, 5.74) is 0.947. The summed E-state index contributed by atoms with van der Waals surface area (Å²) in [4.78, 5) is 18.9. The number of hydrogen-bond acceptors (Lipinski definition) is 6. The molecule has 8 heteroatoms. The Hall–Kier alpha value is -3.26. The Morgan fingerprint density at radius 1 is 0.962 bits per heavy atom. The molecule has 132 valence electrons. The molecule has 1 aromatic heterocycles. The summed E-state index contributed by atoms with van der Waals surface area (Å²) in [7, 11) is -3.79. The smallest absolute Gasteiger partial charge is 0.335 e. The standard InChI is InChI=1S/C18H15N3O4S/c22-18(23)13-6-8-15(9-7-13)21-17(14-10-19-12-20-11-14)26(24,25)16-4-2-1-3-5-16/h1-12,17,21H,(H,22,23). The van der Waals surface area contributed by atoms with Gasteiger partial charge in [0, 0.05) is 23.6 Å². The van der Waals surface area contributed by atoms with Crippen molar-refractivity contribution in [3.63, 3.8) is 0 Å². The van der Waals surface area contributed by atoms with E-state index in [-0.39, 0.29) is 10.5 Å². The van der Waals surface area contributed by atoms with Crippen molar-refractivity contribution in [3.8, 4) is 0 Å². The number of nitrogens with zero attached hydrogens (tertiary/aromatic N) is 2.